The van der Waals surface area contributed by atoms with Crippen LogP contribution < -0.4 is 0 Å². The molecule has 0 amide bonds. The minimum absolute atomic E-state index is 0. The van der Waals surface area contributed by atoms with Gasteiger partial charge in [-0.2, -0.15) is 8.42 Å². The number of hydrogen-bond acceptors (Lipinski definition) is 6. The van der Waals surface area contributed by atoms with E-state index in [9.17, 15) is 22.6 Å². The van der Waals surface area contributed by atoms with Crippen LogP contribution in [0.5, 0.6) is 0 Å². The Labute approximate surface area is 194 Å². The SMILES string of the molecule is CC(C)OC(=O)c1ccc(C(=O)OC(C)C)c(S(=O)(=O)O)c1.[Cs]. The summed E-state index contributed by atoms with van der Waals surface area (Å²) < 4.78 is 42.0. The zero-order valence-electron chi connectivity index (χ0n) is 13.7. The summed E-state index contributed by atoms with van der Waals surface area (Å²) in [6.45, 7) is 6.46. The predicted molar refractivity (Wildman–Crippen MR) is 83.1 cm³/mol. The Morgan fingerprint density at radius 3 is 1.91 bits per heavy atom. The molecule has 0 spiro atoms. The Morgan fingerprint density at radius 1 is 1.00 bits per heavy atom. The smallest absolute Gasteiger partial charge is 0.339 e. The van der Waals surface area contributed by atoms with E-state index >= 15 is 0 Å². The van der Waals surface area contributed by atoms with E-state index in [1.165, 1.54) is 6.07 Å². The van der Waals surface area contributed by atoms with E-state index in [0.717, 1.165) is 12.1 Å². The van der Waals surface area contributed by atoms with Crippen molar-refractivity contribution < 1.29 is 32.0 Å². The van der Waals surface area contributed by atoms with Gasteiger partial charge in [-0.25, -0.2) is 9.59 Å². The topological polar surface area (TPSA) is 107 Å². The van der Waals surface area contributed by atoms with Crippen LogP contribution in [0.25, 0.3) is 0 Å². The molecule has 0 bridgehead atoms. The number of carbonyl (C=O) groups is 2. The molecular weight excluding hydrogens is 445 g/mol. The average molecular weight is 463 g/mol. The first-order chi connectivity index (χ1) is 10.0. The van der Waals surface area contributed by atoms with E-state index in [0.29, 0.717) is 0 Å². The molecule has 1 rings (SSSR count). The van der Waals surface area contributed by atoms with Crippen LogP contribution in [0, 0.1) is 0 Å². The first-order valence-corrected chi connectivity index (χ1v) is 8.00. The maximum Gasteiger partial charge on any atom is 0.339 e. The van der Waals surface area contributed by atoms with Gasteiger partial charge in [-0.15, -0.1) is 0 Å². The summed E-state index contributed by atoms with van der Waals surface area (Å²) in [6.07, 6.45) is -0.861. The molecule has 0 aliphatic rings. The van der Waals surface area contributed by atoms with E-state index in [2.05, 4.69) is 0 Å². The van der Waals surface area contributed by atoms with E-state index < -0.39 is 39.2 Å². The van der Waals surface area contributed by atoms with Crippen LogP contribution in [0.3, 0.4) is 0 Å². The number of hydrogen-bond donors (Lipinski definition) is 1. The first-order valence-electron chi connectivity index (χ1n) is 6.56. The number of esters is 2. The van der Waals surface area contributed by atoms with Crippen molar-refractivity contribution in [1.82, 2.24) is 0 Å². The van der Waals surface area contributed by atoms with Gasteiger partial charge < -0.3 is 9.47 Å². The molecule has 1 aromatic rings. The Hall–Kier alpha value is 0.122. The summed E-state index contributed by atoms with van der Waals surface area (Å²) in [5, 5.41) is 0. The quantitative estimate of drug-likeness (QED) is 0.523. The van der Waals surface area contributed by atoms with Gasteiger partial charge in [-0.1, -0.05) is 0 Å². The molecular formula is C14H18CsO7S. The number of benzene rings is 1. The maximum absolute atomic E-state index is 11.9. The Bertz CT molecular complexity index is 680. The molecule has 0 aliphatic heterocycles. The van der Waals surface area contributed by atoms with Crippen molar-refractivity contribution in [2.24, 2.45) is 0 Å². The van der Waals surface area contributed by atoms with Crippen molar-refractivity contribution in [1.29, 1.82) is 0 Å². The molecule has 0 aliphatic carbocycles. The molecule has 23 heavy (non-hydrogen) atoms. The first kappa shape index (κ1) is 23.1. The fraction of sp³-hybridized carbons (Fsp3) is 0.429. The molecule has 0 saturated heterocycles. The standard InChI is InChI=1S/C14H18O7S.Cs/c1-8(2)20-13(15)10-5-6-11(14(16)21-9(3)4)12(7-10)22(17,18)19;/h5-9H,1-4H3,(H,17,18,19);. The summed E-state index contributed by atoms with van der Waals surface area (Å²) in [7, 11) is -4.71. The van der Waals surface area contributed by atoms with E-state index in [-0.39, 0.29) is 80.0 Å². The molecule has 1 aromatic carbocycles. The summed E-state index contributed by atoms with van der Waals surface area (Å²) >= 11 is 0. The predicted octanol–water partition coefficient (Wildman–Crippen LogP) is 1.68. The monoisotopic (exact) mass is 463 g/mol. The van der Waals surface area contributed by atoms with Crippen LogP contribution in [0.4, 0.5) is 0 Å². The van der Waals surface area contributed by atoms with Crippen LogP contribution in [0.2, 0.25) is 0 Å². The van der Waals surface area contributed by atoms with Gasteiger partial charge in [-0.05, 0) is 45.9 Å². The van der Waals surface area contributed by atoms with Crippen molar-refractivity contribution in [2.45, 2.75) is 44.8 Å². The molecule has 1 N–H and O–H groups in total. The number of carbonyl (C=O) groups excluding carboxylic acids is 2. The normalized spacial score (nSPS) is 11.1. The minimum atomic E-state index is -4.71. The van der Waals surface area contributed by atoms with Crippen molar-refractivity contribution in [2.75, 3.05) is 0 Å². The zero-order valence-corrected chi connectivity index (χ0v) is 20.8. The largest absolute Gasteiger partial charge is 0.459 e. The third-order valence-electron chi connectivity index (χ3n) is 2.40. The van der Waals surface area contributed by atoms with E-state index in [4.69, 9.17) is 9.47 Å². The van der Waals surface area contributed by atoms with Crippen molar-refractivity contribution in [3.05, 3.63) is 29.3 Å². The summed E-state index contributed by atoms with van der Waals surface area (Å²) in [6, 6.07) is 3.22. The van der Waals surface area contributed by atoms with Gasteiger partial charge in [0, 0.05) is 68.9 Å². The Kier molecular flexibility index (Phi) is 9.62. The third kappa shape index (κ3) is 7.26. The average Bonchev–Trinajstić information content (AvgIpc) is 2.35. The molecule has 9 heteroatoms. The van der Waals surface area contributed by atoms with Gasteiger partial charge >= 0.3 is 11.9 Å². The summed E-state index contributed by atoms with van der Waals surface area (Å²) in [5.74, 6) is -1.67. The van der Waals surface area contributed by atoms with Crippen LogP contribution >= 0.6 is 0 Å². The van der Waals surface area contributed by atoms with Crippen LogP contribution in [-0.2, 0) is 19.6 Å². The third-order valence-corrected chi connectivity index (χ3v) is 3.29. The van der Waals surface area contributed by atoms with Crippen LogP contribution in [0.15, 0.2) is 23.1 Å². The second-order valence-corrected chi connectivity index (χ2v) is 6.48. The molecule has 123 valence electrons. The van der Waals surface area contributed by atoms with Gasteiger partial charge in [0.2, 0.25) is 0 Å². The van der Waals surface area contributed by atoms with Crippen molar-refractivity contribution in [3.63, 3.8) is 0 Å². The second-order valence-electron chi connectivity index (χ2n) is 5.09. The van der Waals surface area contributed by atoms with Gasteiger partial charge in [0.25, 0.3) is 10.1 Å². The van der Waals surface area contributed by atoms with Gasteiger partial charge in [0.1, 0.15) is 4.90 Å². The van der Waals surface area contributed by atoms with Crippen LogP contribution in [-0.4, -0.2) is 106 Å². The summed E-state index contributed by atoms with van der Waals surface area (Å²) in [4.78, 5) is 22.9. The minimum Gasteiger partial charge on any atom is -0.459 e. The second kappa shape index (κ2) is 9.57. The van der Waals surface area contributed by atoms with Crippen LogP contribution in [0.1, 0.15) is 48.4 Å². The maximum atomic E-state index is 11.9. The fourth-order valence-corrected chi connectivity index (χ4v) is 2.30. The molecule has 0 heterocycles. The number of ether oxygens (including phenoxy) is 2. The molecule has 0 saturated carbocycles. The molecule has 0 atom stereocenters. The molecule has 1 radical (unpaired) electrons. The molecule has 7 nitrogen and oxygen atoms in total. The molecule has 0 unspecified atom stereocenters. The van der Waals surface area contributed by atoms with E-state index in [1.807, 2.05) is 0 Å². The van der Waals surface area contributed by atoms with Crippen molar-refractivity contribution >= 4 is 91.0 Å². The zero-order chi connectivity index (χ0) is 17.1. The summed E-state index contributed by atoms with van der Waals surface area (Å²) in [5.41, 5.74) is -0.445. The molecule has 0 aromatic heterocycles. The van der Waals surface area contributed by atoms with Gasteiger partial charge in [0.15, 0.2) is 0 Å². The number of rotatable bonds is 5. The molecule has 0 fully saturated rings. The van der Waals surface area contributed by atoms with Gasteiger partial charge in [0.05, 0.1) is 23.3 Å². The fourth-order valence-electron chi connectivity index (χ4n) is 1.59. The van der Waals surface area contributed by atoms with E-state index in [1.54, 1.807) is 27.7 Å². The Balaban J connectivity index is 0.00000484. The Morgan fingerprint density at radius 2 is 1.48 bits per heavy atom. The van der Waals surface area contributed by atoms with Gasteiger partial charge in [-0.3, -0.25) is 4.55 Å². The van der Waals surface area contributed by atoms with Crippen molar-refractivity contribution in [3.8, 4) is 0 Å².